The summed E-state index contributed by atoms with van der Waals surface area (Å²) in [5.41, 5.74) is 1.40. The van der Waals surface area contributed by atoms with Gasteiger partial charge in [0.2, 0.25) is 0 Å². The van der Waals surface area contributed by atoms with E-state index in [1.54, 1.807) is 24.3 Å². The molecule has 0 amide bonds. The average Bonchev–Trinajstić information content (AvgIpc) is 2.34. The third-order valence-corrected chi connectivity index (χ3v) is 2.14. The molecular weight excluding hydrogens is 200 g/mol. The van der Waals surface area contributed by atoms with Crippen molar-refractivity contribution in [2.75, 3.05) is 13.6 Å². The summed E-state index contributed by atoms with van der Waals surface area (Å²) in [5.74, 6) is 0. The van der Waals surface area contributed by atoms with Crippen molar-refractivity contribution in [3.8, 4) is 6.07 Å². The maximum absolute atomic E-state index is 8.63. The molecule has 0 atom stereocenters. The molecule has 0 aliphatic carbocycles. The second kappa shape index (κ2) is 6.57. The molecule has 0 saturated carbocycles. The molecule has 1 aromatic rings. The van der Waals surface area contributed by atoms with Gasteiger partial charge in [-0.3, -0.25) is 5.01 Å². The molecule has 1 aromatic carbocycles. The highest BCUT2D eigenvalue weighted by Gasteiger charge is 1.93. The first-order valence-corrected chi connectivity index (χ1v) is 5.39. The van der Waals surface area contributed by atoms with Gasteiger partial charge in [0, 0.05) is 13.6 Å². The van der Waals surface area contributed by atoms with E-state index < -0.39 is 0 Å². The van der Waals surface area contributed by atoms with E-state index >= 15 is 0 Å². The van der Waals surface area contributed by atoms with Crippen molar-refractivity contribution < 1.29 is 0 Å². The number of hydrogen-bond acceptors (Lipinski definition) is 3. The highest BCUT2D eigenvalue weighted by Crippen LogP contribution is 2.13. The normalized spacial score (nSPS) is 10.3. The molecule has 0 saturated heterocycles. The van der Waals surface area contributed by atoms with Gasteiger partial charge in [-0.2, -0.15) is 5.26 Å². The minimum Gasteiger partial charge on any atom is -0.282 e. The second-order valence-electron chi connectivity index (χ2n) is 3.58. The summed E-state index contributed by atoms with van der Waals surface area (Å²) in [5, 5.41) is 18.6. The van der Waals surface area contributed by atoms with Crippen LogP contribution in [0.1, 0.15) is 25.3 Å². The zero-order valence-corrected chi connectivity index (χ0v) is 9.72. The lowest BCUT2D eigenvalue weighted by molar-refractivity contribution is 0.325. The molecule has 0 unspecified atom stereocenters. The Morgan fingerprint density at radius 2 is 2.00 bits per heavy atom. The van der Waals surface area contributed by atoms with E-state index in [1.165, 1.54) is 0 Å². The average molecular weight is 216 g/mol. The monoisotopic (exact) mass is 216 g/mol. The van der Waals surface area contributed by atoms with Crippen LogP contribution in [0.2, 0.25) is 0 Å². The Hall–Kier alpha value is -1.89. The van der Waals surface area contributed by atoms with Gasteiger partial charge in [-0.15, -0.1) is 5.11 Å². The van der Waals surface area contributed by atoms with Crippen LogP contribution in [-0.4, -0.2) is 18.6 Å². The molecule has 16 heavy (non-hydrogen) atoms. The molecule has 0 bridgehead atoms. The fourth-order valence-corrected chi connectivity index (χ4v) is 1.16. The van der Waals surface area contributed by atoms with E-state index in [4.69, 9.17) is 5.26 Å². The predicted molar refractivity (Wildman–Crippen MR) is 63.2 cm³/mol. The lowest BCUT2D eigenvalue weighted by atomic mass is 10.2. The highest BCUT2D eigenvalue weighted by atomic mass is 15.5. The molecule has 4 nitrogen and oxygen atoms in total. The molecule has 0 N–H and O–H groups in total. The molecule has 1 rings (SSSR count). The minimum absolute atomic E-state index is 0.637. The molecule has 84 valence electrons. The van der Waals surface area contributed by atoms with Gasteiger partial charge in [0.05, 0.1) is 17.3 Å². The highest BCUT2D eigenvalue weighted by molar-refractivity contribution is 5.41. The lowest BCUT2D eigenvalue weighted by Gasteiger charge is -2.09. The molecule has 0 aliphatic rings. The topological polar surface area (TPSA) is 51.8 Å². The van der Waals surface area contributed by atoms with Gasteiger partial charge < -0.3 is 0 Å². The fraction of sp³-hybridized carbons (Fsp3) is 0.417. The van der Waals surface area contributed by atoms with E-state index in [2.05, 4.69) is 23.3 Å². The molecule has 0 heterocycles. The maximum atomic E-state index is 8.63. The third kappa shape index (κ3) is 4.09. The summed E-state index contributed by atoms with van der Waals surface area (Å²) < 4.78 is 0. The predicted octanol–water partition coefficient (Wildman–Crippen LogP) is 3.29. The van der Waals surface area contributed by atoms with Crippen LogP contribution in [0.25, 0.3) is 0 Å². The van der Waals surface area contributed by atoms with Gasteiger partial charge in [0.1, 0.15) is 0 Å². The van der Waals surface area contributed by atoms with E-state index in [0.717, 1.165) is 25.1 Å². The van der Waals surface area contributed by atoms with Crippen LogP contribution in [0.5, 0.6) is 0 Å². The summed E-state index contributed by atoms with van der Waals surface area (Å²) in [6.07, 6.45) is 2.26. The summed E-state index contributed by atoms with van der Waals surface area (Å²) >= 11 is 0. The second-order valence-corrected chi connectivity index (χ2v) is 3.58. The Morgan fingerprint density at radius 1 is 1.31 bits per heavy atom. The van der Waals surface area contributed by atoms with Gasteiger partial charge in [0.15, 0.2) is 0 Å². The van der Waals surface area contributed by atoms with Crippen molar-refractivity contribution in [1.29, 1.82) is 5.26 Å². The maximum Gasteiger partial charge on any atom is 0.0991 e. The Morgan fingerprint density at radius 3 is 2.56 bits per heavy atom. The summed E-state index contributed by atoms with van der Waals surface area (Å²) in [6.45, 7) is 3.06. The van der Waals surface area contributed by atoms with Crippen LogP contribution in [-0.2, 0) is 0 Å². The van der Waals surface area contributed by atoms with Crippen molar-refractivity contribution in [3.05, 3.63) is 29.8 Å². The van der Waals surface area contributed by atoms with E-state index in [9.17, 15) is 0 Å². The van der Waals surface area contributed by atoms with Crippen LogP contribution in [0.4, 0.5) is 5.69 Å². The fourth-order valence-electron chi connectivity index (χ4n) is 1.16. The number of rotatable bonds is 5. The lowest BCUT2D eigenvalue weighted by Crippen LogP contribution is -2.10. The Labute approximate surface area is 96.2 Å². The van der Waals surface area contributed by atoms with Crippen molar-refractivity contribution in [2.24, 2.45) is 10.3 Å². The van der Waals surface area contributed by atoms with Crippen molar-refractivity contribution in [2.45, 2.75) is 19.8 Å². The Bertz CT molecular complexity index is 375. The molecular formula is C12H16N4. The third-order valence-electron chi connectivity index (χ3n) is 2.14. The molecule has 4 heteroatoms. The minimum atomic E-state index is 0.637. The van der Waals surface area contributed by atoms with Gasteiger partial charge in [-0.05, 0) is 30.7 Å². The van der Waals surface area contributed by atoms with Crippen molar-refractivity contribution >= 4 is 5.69 Å². The SMILES string of the molecule is CCCCN(C)N=Nc1ccc(C#N)cc1. The summed E-state index contributed by atoms with van der Waals surface area (Å²) in [7, 11) is 1.91. The van der Waals surface area contributed by atoms with E-state index in [0.29, 0.717) is 5.56 Å². The van der Waals surface area contributed by atoms with Crippen LogP contribution in [0.15, 0.2) is 34.6 Å². The quantitative estimate of drug-likeness (QED) is 0.560. The van der Waals surface area contributed by atoms with Gasteiger partial charge >= 0.3 is 0 Å². The van der Waals surface area contributed by atoms with Crippen LogP contribution >= 0.6 is 0 Å². The van der Waals surface area contributed by atoms with E-state index in [-0.39, 0.29) is 0 Å². The van der Waals surface area contributed by atoms with Crippen molar-refractivity contribution in [1.82, 2.24) is 5.01 Å². The Kier molecular flexibility index (Phi) is 5.00. The molecule has 0 radical (unpaired) electrons. The Balaban J connectivity index is 2.52. The number of unbranched alkanes of at least 4 members (excludes halogenated alkanes) is 1. The van der Waals surface area contributed by atoms with Gasteiger partial charge in [-0.1, -0.05) is 18.6 Å². The largest absolute Gasteiger partial charge is 0.282 e. The number of nitriles is 1. The molecule has 0 aromatic heterocycles. The van der Waals surface area contributed by atoms with E-state index in [1.807, 2.05) is 12.1 Å². The van der Waals surface area contributed by atoms with Crippen molar-refractivity contribution in [3.63, 3.8) is 0 Å². The first-order chi connectivity index (χ1) is 7.76. The number of benzene rings is 1. The smallest absolute Gasteiger partial charge is 0.0991 e. The van der Waals surface area contributed by atoms with Gasteiger partial charge in [0.25, 0.3) is 0 Å². The summed E-state index contributed by atoms with van der Waals surface area (Å²) in [4.78, 5) is 0. The van der Waals surface area contributed by atoms with Gasteiger partial charge in [-0.25, -0.2) is 0 Å². The van der Waals surface area contributed by atoms with Crippen LogP contribution in [0.3, 0.4) is 0 Å². The van der Waals surface area contributed by atoms with Crippen LogP contribution < -0.4 is 0 Å². The zero-order chi connectivity index (χ0) is 11.8. The molecule has 0 spiro atoms. The number of hydrogen-bond donors (Lipinski definition) is 0. The number of nitrogens with zero attached hydrogens (tertiary/aromatic N) is 4. The standard InChI is InChI=1S/C12H16N4/c1-3-4-9-16(2)15-14-12-7-5-11(10-13)6-8-12/h5-8H,3-4,9H2,1-2H3. The zero-order valence-electron chi connectivity index (χ0n) is 9.72. The first kappa shape index (κ1) is 12.2. The molecule has 0 fully saturated rings. The first-order valence-electron chi connectivity index (χ1n) is 5.39. The van der Waals surface area contributed by atoms with Crippen LogP contribution in [0, 0.1) is 11.3 Å². The molecule has 0 aliphatic heterocycles. The summed E-state index contributed by atoms with van der Waals surface area (Å²) in [6, 6.07) is 9.11.